The molecule has 1 aromatic heterocycles. The molecule has 1 aromatic rings. The molecule has 0 aromatic carbocycles. The van der Waals surface area contributed by atoms with Gasteiger partial charge in [0.05, 0.1) is 24.0 Å². The number of aromatic nitrogens is 2. The van der Waals surface area contributed by atoms with E-state index < -0.39 is 0 Å². The van der Waals surface area contributed by atoms with Gasteiger partial charge in [0.25, 0.3) is 5.56 Å². The molecule has 0 spiro atoms. The number of hydrogen-bond donors (Lipinski definition) is 3. The van der Waals surface area contributed by atoms with E-state index in [1.807, 2.05) is 0 Å². The van der Waals surface area contributed by atoms with E-state index in [1.54, 1.807) is 6.20 Å². The first-order valence-electron chi connectivity index (χ1n) is 5.75. The fraction of sp³-hybridized carbons (Fsp3) is 0.636. The van der Waals surface area contributed by atoms with E-state index in [0.717, 1.165) is 25.7 Å². The van der Waals surface area contributed by atoms with E-state index in [-0.39, 0.29) is 17.7 Å². The zero-order chi connectivity index (χ0) is 11.4. The van der Waals surface area contributed by atoms with Gasteiger partial charge in [0, 0.05) is 6.07 Å². The summed E-state index contributed by atoms with van der Waals surface area (Å²) in [4.78, 5) is 11.1. The minimum absolute atomic E-state index is 0.0334. The molecular formula is C11H17N3O2. The SMILES string of the molecule is O=c1cc(NC2CCCCCC2O)cn[nH]1. The molecule has 88 valence electrons. The third-order valence-corrected chi connectivity index (χ3v) is 3.00. The van der Waals surface area contributed by atoms with Gasteiger partial charge in [-0.15, -0.1) is 0 Å². The molecule has 0 amide bonds. The Labute approximate surface area is 93.9 Å². The summed E-state index contributed by atoms with van der Waals surface area (Å²) in [6, 6.07) is 1.50. The zero-order valence-corrected chi connectivity index (χ0v) is 9.15. The van der Waals surface area contributed by atoms with Crippen LogP contribution in [0.5, 0.6) is 0 Å². The molecule has 1 aliphatic carbocycles. The molecular weight excluding hydrogens is 206 g/mol. The summed E-state index contributed by atoms with van der Waals surface area (Å²) in [5.74, 6) is 0. The van der Waals surface area contributed by atoms with Crippen molar-refractivity contribution in [2.45, 2.75) is 44.2 Å². The molecule has 1 aliphatic rings. The Kier molecular flexibility index (Phi) is 3.56. The van der Waals surface area contributed by atoms with Crippen LogP contribution in [-0.2, 0) is 0 Å². The van der Waals surface area contributed by atoms with Crippen molar-refractivity contribution in [2.75, 3.05) is 5.32 Å². The van der Waals surface area contributed by atoms with Crippen LogP contribution in [-0.4, -0.2) is 27.4 Å². The number of nitrogens with zero attached hydrogens (tertiary/aromatic N) is 1. The highest BCUT2D eigenvalue weighted by atomic mass is 16.3. The Balaban J connectivity index is 2.04. The lowest BCUT2D eigenvalue weighted by molar-refractivity contribution is 0.144. The van der Waals surface area contributed by atoms with E-state index in [2.05, 4.69) is 15.5 Å². The van der Waals surface area contributed by atoms with Crippen LogP contribution in [0.1, 0.15) is 32.1 Å². The number of rotatable bonds is 2. The summed E-state index contributed by atoms with van der Waals surface area (Å²) in [6.45, 7) is 0. The van der Waals surface area contributed by atoms with Crippen LogP contribution < -0.4 is 10.9 Å². The molecule has 1 saturated carbocycles. The summed E-state index contributed by atoms with van der Waals surface area (Å²) < 4.78 is 0. The molecule has 5 nitrogen and oxygen atoms in total. The maximum atomic E-state index is 11.1. The van der Waals surface area contributed by atoms with E-state index in [4.69, 9.17) is 0 Å². The third-order valence-electron chi connectivity index (χ3n) is 3.00. The Hall–Kier alpha value is -1.36. The molecule has 0 saturated heterocycles. The van der Waals surface area contributed by atoms with Crippen molar-refractivity contribution in [3.8, 4) is 0 Å². The number of nitrogens with one attached hydrogen (secondary N) is 2. The second-order valence-electron chi connectivity index (χ2n) is 4.29. The number of H-pyrrole nitrogens is 1. The number of hydrogen-bond acceptors (Lipinski definition) is 4. The molecule has 1 heterocycles. The Bertz CT molecular complexity index is 391. The van der Waals surface area contributed by atoms with Gasteiger partial charge in [-0.05, 0) is 12.8 Å². The summed E-state index contributed by atoms with van der Waals surface area (Å²) in [5.41, 5.74) is 0.447. The maximum Gasteiger partial charge on any atom is 0.266 e. The van der Waals surface area contributed by atoms with Crippen molar-refractivity contribution in [3.63, 3.8) is 0 Å². The van der Waals surface area contributed by atoms with Gasteiger partial charge >= 0.3 is 0 Å². The number of aliphatic hydroxyl groups excluding tert-OH is 1. The summed E-state index contributed by atoms with van der Waals surface area (Å²) in [7, 11) is 0. The van der Waals surface area contributed by atoms with Crippen molar-refractivity contribution >= 4 is 5.69 Å². The van der Waals surface area contributed by atoms with Crippen LogP contribution in [0.4, 0.5) is 5.69 Å². The first-order valence-corrected chi connectivity index (χ1v) is 5.75. The molecule has 0 bridgehead atoms. The van der Waals surface area contributed by atoms with Crippen LogP contribution >= 0.6 is 0 Å². The average molecular weight is 223 g/mol. The van der Waals surface area contributed by atoms with Crippen molar-refractivity contribution in [1.29, 1.82) is 0 Å². The van der Waals surface area contributed by atoms with E-state index in [0.29, 0.717) is 5.69 Å². The standard InChI is InChI=1S/C11H17N3O2/c15-10-5-3-1-2-4-9(10)13-8-6-11(16)14-12-7-8/h6-7,9-10,15H,1-5H2,(H2,13,14,16). The van der Waals surface area contributed by atoms with Gasteiger partial charge in [-0.3, -0.25) is 4.79 Å². The summed E-state index contributed by atoms with van der Waals surface area (Å²) in [6.07, 6.45) is 6.37. The van der Waals surface area contributed by atoms with Crippen LogP contribution in [0.2, 0.25) is 0 Å². The zero-order valence-electron chi connectivity index (χ0n) is 9.15. The average Bonchev–Trinajstić information content (AvgIpc) is 2.45. The van der Waals surface area contributed by atoms with Crippen LogP contribution in [0.15, 0.2) is 17.1 Å². The van der Waals surface area contributed by atoms with E-state index >= 15 is 0 Å². The number of anilines is 1. The van der Waals surface area contributed by atoms with Gasteiger partial charge < -0.3 is 10.4 Å². The van der Waals surface area contributed by atoms with E-state index in [1.165, 1.54) is 12.5 Å². The van der Waals surface area contributed by atoms with Crippen molar-refractivity contribution < 1.29 is 5.11 Å². The molecule has 2 atom stereocenters. The molecule has 3 N–H and O–H groups in total. The lowest BCUT2D eigenvalue weighted by Crippen LogP contribution is -2.32. The minimum Gasteiger partial charge on any atom is -0.391 e. The normalized spacial score (nSPS) is 26.1. The van der Waals surface area contributed by atoms with Gasteiger partial charge in [-0.1, -0.05) is 19.3 Å². The Morgan fingerprint density at radius 3 is 3.00 bits per heavy atom. The van der Waals surface area contributed by atoms with Gasteiger partial charge in [-0.2, -0.15) is 5.10 Å². The molecule has 5 heteroatoms. The van der Waals surface area contributed by atoms with Gasteiger partial charge in [0.1, 0.15) is 0 Å². The lowest BCUT2D eigenvalue weighted by atomic mass is 10.1. The first-order chi connectivity index (χ1) is 7.75. The summed E-state index contributed by atoms with van der Waals surface area (Å²) in [5, 5.41) is 19.1. The maximum absolute atomic E-state index is 11.1. The van der Waals surface area contributed by atoms with Gasteiger partial charge in [0.15, 0.2) is 0 Å². The van der Waals surface area contributed by atoms with Crippen LogP contribution in [0.25, 0.3) is 0 Å². The minimum atomic E-state index is -0.332. The largest absolute Gasteiger partial charge is 0.391 e. The van der Waals surface area contributed by atoms with Crippen molar-refractivity contribution in [2.24, 2.45) is 0 Å². The van der Waals surface area contributed by atoms with E-state index in [9.17, 15) is 9.90 Å². The second-order valence-corrected chi connectivity index (χ2v) is 4.29. The first kappa shape index (κ1) is 11.1. The Morgan fingerprint density at radius 1 is 1.38 bits per heavy atom. The van der Waals surface area contributed by atoms with Crippen molar-refractivity contribution in [1.82, 2.24) is 10.2 Å². The highest BCUT2D eigenvalue weighted by Gasteiger charge is 2.21. The molecule has 1 fully saturated rings. The molecule has 0 radical (unpaired) electrons. The van der Waals surface area contributed by atoms with Crippen LogP contribution in [0.3, 0.4) is 0 Å². The van der Waals surface area contributed by atoms with Crippen molar-refractivity contribution in [3.05, 3.63) is 22.6 Å². The molecule has 0 aliphatic heterocycles. The highest BCUT2D eigenvalue weighted by Crippen LogP contribution is 2.20. The number of aromatic amines is 1. The predicted molar refractivity (Wildman–Crippen MR) is 61.4 cm³/mol. The third kappa shape index (κ3) is 2.82. The van der Waals surface area contributed by atoms with Gasteiger partial charge in [-0.25, -0.2) is 5.10 Å². The molecule has 2 rings (SSSR count). The Morgan fingerprint density at radius 2 is 2.19 bits per heavy atom. The molecule has 16 heavy (non-hydrogen) atoms. The van der Waals surface area contributed by atoms with Gasteiger partial charge in [0.2, 0.25) is 0 Å². The second kappa shape index (κ2) is 5.12. The lowest BCUT2D eigenvalue weighted by Gasteiger charge is -2.22. The smallest absolute Gasteiger partial charge is 0.266 e. The summed E-state index contributed by atoms with van der Waals surface area (Å²) >= 11 is 0. The number of aliphatic hydroxyl groups is 1. The van der Waals surface area contributed by atoms with Crippen LogP contribution in [0, 0.1) is 0 Å². The fourth-order valence-corrected chi connectivity index (χ4v) is 2.13. The quantitative estimate of drug-likeness (QED) is 0.650. The highest BCUT2D eigenvalue weighted by molar-refractivity contribution is 5.40. The topological polar surface area (TPSA) is 78.0 Å². The predicted octanol–water partition coefficient (Wildman–Crippen LogP) is 0.875. The fourth-order valence-electron chi connectivity index (χ4n) is 2.13. The molecule has 2 unspecified atom stereocenters. The monoisotopic (exact) mass is 223 g/mol.